The van der Waals surface area contributed by atoms with Gasteiger partial charge in [0.2, 0.25) is 6.79 Å². The Morgan fingerprint density at radius 1 is 1.17 bits per heavy atom. The summed E-state index contributed by atoms with van der Waals surface area (Å²) in [6.45, 7) is -0.115. The van der Waals surface area contributed by atoms with E-state index in [-0.39, 0.29) is 46.1 Å². The maximum Gasteiger partial charge on any atom is 0.336 e. The van der Waals surface area contributed by atoms with Gasteiger partial charge in [0, 0.05) is 11.5 Å². The van der Waals surface area contributed by atoms with Gasteiger partial charge < -0.3 is 19.7 Å². The van der Waals surface area contributed by atoms with Crippen molar-refractivity contribution in [2.24, 2.45) is 0 Å². The average molecular weight is 327 g/mol. The van der Waals surface area contributed by atoms with E-state index in [1.807, 2.05) is 0 Å². The molecule has 0 aliphatic carbocycles. The number of fused-ring (bicyclic) bond motifs is 5. The predicted octanol–water partition coefficient (Wildman–Crippen LogP) is 3.03. The van der Waals surface area contributed by atoms with Gasteiger partial charge in [0.25, 0.3) is 5.69 Å². The summed E-state index contributed by atoms with van der Waals surface area (Å²) >= 11 is 0. The monoisotopic (exact) mass is 327 g/mol. The molecule has 0 unspecified atom stereocenters. The molecule has 24 heavy (non-hydrogen) atoms. The van der Waals surface area contributed by atoms with E-state index in [9.17, 15) is 25.1 Å². The molecular weight excluding hydrogens is 318 g/mol. The summed E-state index contributed by atoms with van der Waals surface area (Å²) < 4.78 is 10.7. The molecule has 0 spiro atoms. The van der Waals surface area contributed by atoms with Crippen molar-refractivity contribution in [3.63, 3.8) is 0 Å². The first-order valence-electron chi connectivity index (χ1n) is 6.87. The van der Waals surface area contributed by atoms with Gasteiger partial charge in [-0.1, -0.05) is 6.07 Å². The van der Waals surface area contributed by atoms with Gasteiger partial charge in [0.15, 0.2) is 11.5 Å². The molecule has 0 bridgehead atoms. The SMILES string of the molecule is O=C(O)c1cc2c(c3c1c([N+](=O)[O-])cc1ccc(O)cc13)OCO2. The highest BCUT2D eigenvalue weighted by Gasteiger charge is 2.29. The summed E-state index contributed by atoms with van der Waals surface area (Å²) in [5, 5.41) is 31.8. The second-order valence-corrected chi connectivity index (χ2v) is 5.27. The lowest BCUT2D eigenvalue weighted by Gasteiger charge is -2.11. The number of carboxylic acids is 1. The highest BCUT2D eigenvalue weighted by atomic mass is 16.7. The number of hydrogen-bond acceptors (Lipinski definition) is 6. The molecular formula is C16H9NO7. The Morgan fingerprint density at radius 3 is 2.67 bits per heavy atom. The summed E-state index contributed by atoms with van der Waals surface area (Å²) in [6.07, 6.45) is 0. The molecule has 0 saturated carbocycles. The van der Waals surface area contributed by atoms with Crippen LogP contribution in [0.25, 0.3) is 21.5 Å². The second-order valence-electron chi connectivity index (χ2n) is 5.27. The highest BCUT2D eigenvalue weighted by molar-refractivity contribution is 6.21. The van der Waals surface area contributed by atoms with Crippen LogP contribution in [0.5, 0.6) is 17.2 Å². The molecule has 4 rings (SSSR count). The summed E-state index contributed by atoms with van der Waals surface area (Å²) in [6, 6.07) is 6.83. The standard InChI is InChI=1S/C16H9NO7/c18-8-2-1-7-3-11(17(21)22)13-10(16(19)20)5-12-15(24-6-23-12)14(13)9(7)4-8/h1-5,18H,6H2,(H,19,20). The minimum absolute atomic E-state index is 0.0500. The maximum atomic E-state index is 11.6. The molecule has 3 aromatic carbocycles. The van der Waals surface area contributed by atoms with Crippen LogP contribution in [0.1, 0.15) is 10.4 Å². The van der Waals surface area contributed by atoms with Crippen LogP contribution in [-0.4, -0.2) is 27.9 Å². The molecule has 0 saturated heterocycles. The minimum Gasteiger partial charge on any atom is -0.508 e. The molecule has 1 aliphatic rings. The van der Waals surface area contributed by atoms with E-state index in [1.54, 1.807) is 0 Å². The summed E-state index contributed by atoms with van der Waals surface area (Å²) in [5.41, 5.74) is -0.606. The summed E-state index contributed by atoms with van der Waals surface area (Å²) in [4.78, 5) is 22.5. The van der Waals surface area contributed by atoms with E-state index in [0.717, 1.165) is 0 Å². The molecule has 8 heteroatoms. The minimum atomic E-state index is -1.32. The fraction of sp³-hybridized carbons (Fsp3) is 0.0625. The number of phenols is 1. The quantitative estimate of drug-likeness (QED) is 0.422. The van der Waals surface area contributed by atoms with Gasteiger partial charge in [-0.05, 0) is 29.0 Å². The molecule has 1 aliphatic heterocycles. The van der Waals surface area contributed by atoms with Crippen molar-refractivity contribution in [2.75, 3.05) is 6.79 Å². The van der Waals surface area contributed by atoms with Crippen molar-refractivity contribution in [2.45, 2.75) is 0 Å². The van der Waals surface area contributed by atoms with Crippen molar-refractivity contribution in [1.29, 1.82) is 0 Å². The third-order valence-corrected chi connectivity index (χ3v) is 3.94. The number of carboxylic acid groups (broad SMARTS) is 1. The zero-order valence-corrected chi connectivity index (χ0v) is 12.0. The smallest absolute Gasteiger partial charge is 0.336 e. The Kier molecular flexibility index (Phi) is 2.77. The number of hydrogen-bond donors (Lipinski definition) is 2. The normalized spacial score (nSPS) is 12.7. The molecule has 8 nitrogen and oxygen atoms in total. The molecule has 3 aromatic rings. The van der Waals surface area contributed by atoms with Crippen molar-refractivity contribution < 1.29 is 29.4 Å². The number of non-ortho nitro benzene ring substituents is 1. The van der Waals surface area contributed by atoms with E-state index in [1.165, 1.54) is 30.3 Å². The van der Waals surface area contributed by atoms with Crippen LogP contribution in [0.3, 0.4) is 0 Å². The van der Waals surface area contributed by atoms with E-state index in [4.69, 9.17) is 9.47 Å². The van der Waals surface area contributed by atoms with Gasteiger partial charge in [-0.25, -0.2) is 4.79 Å². The molecule has 120 valence electrons. The average Bonchev–Trinajstić information content (AvgIpc) is 3.00. The number of rotatable bonds is 2. The largest absolute Gasteiger partial charge is 0.508 e. The Hall–Kier alpha value is -3.55. The molecule has 1 heterocycles. The molecule has 2 N–H and O–H groups in total. The number of ether oxygens (including phenoxy) is 2. The summed E-state index contributed by atoms with van der Waals surface area (Å²) in [7, 11) is 0. The summed E-state index contributed by atoms with van der Waals surface area (Å²) in [5.74, 6) is -0.939. The van der Waals surface area contributed by atoms with Crippen molar-refractivity contribution in [1.82, 2.24) is 0 Å². The zero-order valence-electron chi connectivity index (χ0n) is 12.0. The number of aromatic hydroxyl groups is 1. The lowest BCUT2D eigenvalue weighted by atomic mass is 9.95. The number of nitro benzene ring substituents is 1. The van der Waals surface area contributed by atoms with Crippen molar-refractivity contribution >= 4 is 33.2 Å². The highest BCUT2D eigenvalue weighted by Crippen LogP contribution is 2.48. The van der Waals surface area contributed by atoms with Crippen LogP contribution >= 0.6 is 0 Å². The molecule has 0 atom stereocenters. The van der Waals surface area contributed by atoms with E-state index in [0.29, 0.717) is 10.8 Å². The van der Waals surface area contributed by atoms with Gasteiger partial charge in [-0.3, -0.25) is 10.1 Å². The van der Waals surface area contributed by atoms with Crippen LogP contribution < -0.4 is 9.47 Å². The van der Waals surface area contributed by atoms with Gasteiger partial charge in [-0.15, -0.1) is 0 Å². The van der Waals surface area contributed by atoms with Crippen LogP contribution in [0, 0.1) is 10.1 Å². The van der Waals surface area contributed by atoms with Crippen molar-refractivity contribution in [3.05, 3.63) is 46.0 Å². The fourth-order valence-corrected chi connectivity index (χ4v) is 2.98. The van der Waals surface area contributed by atoms with Crippen LogP contribution in [0.2, 0.25) is 0 Å². The number of nitro groups is 1. The zero-order chi connectivity index (χ0) is 17.0. The number of aromatic carboxylic acids is 1. The first-order chi connectivity index (χ1) is 11.5. The molecule has 0 amide bonds. The van der Waals surface area contributed by atoms with Gasteiger partial charge in [0.05, 0.1) is 15.9 Å². The topological polar surface area (TPSA) is 119 Å². The van der Waals surface area contributed by atoms with Gasteiger partial charge >= 0.3 is 5.97 Å². The van der Waals surface area contributed by atoms with Crippen molar-refractivity contribution in [3.8, 4) is 17.2 Å². The van der Waals surface area contributed by atoms with Crippen LogP contribution in [-0.2, 0) is 0 Å². The Bertz CT molecular complexity index is 1060. The Morgan fingerprint density at radius 2 is 1.96 bits per heavy atom. The number of phenolic OH excluding ortho intramolecular Hbond substituents is 1. The Balaban J connectivity index is 2.34. The predicted molar refractivity (Wildman–Crippen MR) is 82.9 cm³/mol. The Labute approximate surface area is 133 Å². The first kappa shape index (κ1) is 14.1. The number of benzene rings is 3. The number of nitrogens with zero attached hydrogens (tertiary/aromatic N) is 1. The lowest BCUT2D eigenvalue weighted by Crippen LogP contribution is -2.01. The molecule has 0 aromatic heterocycles. The number of carbonyl (C=O) groups is 1. The van der Waals surface area contributed by atoms with Crippen LogP contribution in [0.4, 0.5) is 5.69 Å². The first-order valence-corrected chi connectivity index (χ1v) is 6.87. The van der Waals surface area contributed by atoms with E-state index >= 15 is 0 Å². The van der Waals surface area contributed by atoms with Crippen LogP contribution in [0.15, 0.2) is 30.3 Å². The fourth-order valence-electron chi connectivity index (χ4n) is 2.98. The second kappa shape index (κ2) is 4.72. The maximum absolute atomic E-state index is 11.6. The van der Waals surface area contributed by atoms with Gasteiger partial charge in [0.1, 0.15) is 5.75 Å². The molecule has 0 fully saturated rings. The molecule has 0 radical (unpaired) electrons. The third-order valence-electron chi connectivity index (χ3n) is 3.94. The van der Waals surface area contributed by atoms with E-state index in [2.05, 4.69) is 0 Å². The van der Waals surface area contributed by atoms with E-state index < -0.39 is 10.9 Å². The third kappa shape index (κ3) is 1.83. The lowest BCUT2D eigenvalue weighted by molar-refractivity contribution is -0.383. The van der Waals surface area contributed by atoms with Gasteiger partial charge in [-0.2, -0.15) is 0 Å².